The van der Waals surface area contributed by atoms with Gasteiger partial charge in [-0.1, -0.05) is 72.0 Å². The SMILES string of the molecule is CC(C)c1onc(-c2c(Cl)cccc2Cl)c1COc1cnc(N(C)Cc2cccc(C(=O)O)c2)c(Cl)c1. The van der Waals surface area contributed by atoms with Gasteiger partial charge in [-0.25, -0.2) is 9.78 Å². The molecule has 0 bridgehead atoms. The van der Waals surface area contributed by atoms with E-state index in [1.807, 2.05) is 31.9 Å². The lowest BCUT2D eigenvalue weighted by Crippen LogP contribution is -2.18. The van der Waals surface area contributed by atoms with Gasteiger partial charge in [0.1, 0.15) is 29.6 Å². The van der Waals surface area contributed by atoms with Gasteiger partial charge in [-0.15, -0.1) is 0 Å². The molecule has 4 aromatic rings. The number of rotatable bonds is 9. The minimum Gasteiger partial charge on any atom is -0.487 e. The number of carboxylic acid groups (broad SMARTS) is 1. The molecule has 2 aromatic heterocycles. The summed E-state index contributed by atoms with van der Waals surface area (Å²) in [5.74, 6) is 0.743. The summed E-state index contributed by atoms with van der Waals surface area (Å²) in [5, 5.41) is 14.8. The average molecular weight is 561 g/mol. The highest BCUT2D eigenvalue weighted by atomic mass is 35.5. The molecule has 10 heteroatoms. The van der Waals surface area contributed by atoms with E-state index in [-0.39, 0.29) is 18.1 Å². The predicted molar refractivity (Wildman–Crippen MR) is 145 cm³/mol. The third kappa shape index (κ3) is 6.01. The zero-order valence-corrected chi connectivity index (χ0v) is 22.6. The molecular weight excluding hydrogens is 537 g/mol. The second-order valence-corrected chi connectivity index (χ2v) is 9.97. The smallest absolute Gasteiger partial charge is 0.335 e. The quantitative estimate of drug-likeness (QED) is 0.224. The normalized spacial score (nSPS) is 11.1. The number of hydrogen-bond acceptors (Lipinski definition) is 6. The molecule has 0 saturated carbocycles. The molecule has 2 heterocycles. The summed E-state index contributed by atoms with van der Waals surface area (Å²) in [6.07, 6.45) is 1.58. The average Bonchev–Trinajstić information content (AvgIpc) is 3.26. The van der Waals surface area contributed by atoms with Crippen LogP contribution in [-0.2, 0) is 13.2 Å². The van der Waals surface area contributed by atoms with Gasteiger partial charge < -0.3 is 19.3 Å². The van der Waals surface area contributed by atoms with E-state index in [1.165, 1.54) is 0 Å². The van der Waals surface area contributed by atoms with Crippen molar-refractivity contribution >= 4 is 46.6 Å². The molecule has 2 aromatic carbocycles. The fourth-order valence-electron chi connectivity index (χ4n) is 3.92. The minimum absolute atomic E-state index is 0.0541. The van der Waals surface area contributed by atoms with Crippen molar-refractivity contribution in [1.82, 2.24) is 10.1 Å². The number of anilines is 1. The Morgan fingerprint density at radius 2 is 1.78 bits per heavy atom. The molecule has 7 nitrogen and oxygen atoms in total. The Balaban J connectivity index is 1.54. The number of carbonyl (C=O) groups is 1. The van der Waals surface area contributed by atoms with Crippen LogP contribution in [-0.4, -0.2) is 28.3 Å². The molecule has 4 rings (SSSR count). The number of benzene rings is 2. The Morgan fingerprint density at radius 3 is 2.43 bits per heavy atom. The van der Waals surface area contributed by atoms with Crippen molar-refractivity contribution < 1.29 is 19.2 Å². The standard InChI is InChI=1S/C27H24Cl3N3O4/c1-15(2)25-19(24(32-37-25)23-20(28)8-5-9-21(23)29)14-36-18-11-22(30)26(31-12-18)33(3)13-16-6-4-7-17(10-16)27(34)35/h4-12,15H,13-14H2,1-3H3,(H,34,35). The van der Waals surface area contributed by atoms with Crippen LogP contribution in [0.3, 0.4) is 0 Å². The van der Waals surface area contributed by atoms with E-state index in [0.29, 0.717) is 50.2 Å². The maximum absolute atomic E-state index is 11.3. The Labute approximate surface area is 229 Å². The number of aromatic nitrogens is 2. The number of ether oxygens (including phenoxy) is 1. The Kier molecular flexibility index (Phi) is 8.27. The van der Waals surface area contributed by atoms with Gasteiger partial charge >= 0.3 is 5.97 Å². The van der Waals surface area contributed by atoms with E-state index >= 15 is 0 Å². The fourth-order valence-corrected chi connectivity index (χ4v) is 4.79. The minimum atomic E-state index is -0.976. The molecule has 0 unspecified atom stereocenters. The van der Waals surface area contributed by atoms with E-state index in [9.17, 15) is 9.90 Å². The first-order chi connectivity index (χ1) is 17.7. The number of carboxylic acids is 1. The summed E-state index contributed by atoms with van der Waals surface area (Å²) in [5.41, 5.74) is 2.89. The first-order valence-electron chi connectivity index (χ1n) is 11.4. The summed E-state index contributed by atoms with van der Waals surface area (Å²) in [6.45, 7) is 4.56. The van der Waals surface area contributed by atoms with Crippen LogP contribution in [0.1, 0.15) is 47.0 Å². The van der Waals surface area contributed by atoms with E-state index < -0.39 is 5.97 Å². The van der Waals surface area contributed by atoms with Gasteiger partial charge in [0, 0.05) is 31.1 Å². The second kappa shape index (κ2) is 11.4. The summed E-state index contributed by atoms with van der Waals surface area (Å²) in [4.78, 5) is 17.6. The highest BCUT2D eigenvalue weighted by molar-refractivity contribution is 6.39. The van der Waals surface area contributed by atoms with Crippen LogP contribution < -0.4 is 9.64 Å². The van der Waals surface area contributed by atoms with Crippen molar-refractivity contribution in [3.05, 3.63) is 92.2 Å². The summed E-state index contributed by atoms with van der Waals surface area (Å²) < 4.78 is 11.7. The predicted octanol–water partition coefficient (Wildman–Crippen LogP) is 7.73. The third-order valence-electron chi connectivity index (χ3n) is 5.68. The van der Waals surface area contributed by atoms with Crippen molar-refractivity contribution in [2.45, 2.75) is 32.9 Å². The van der Waals surface area contributed by atoms with E-state index in [0.717, 1.165) is 11.1 Å². The lowest BCUT2D eigenvalue weighted by atomic mass is 10.0. The van der Waals surface area contributed by atoms with Crippen LogP contribution >= 0.6 is 34.8 Å². The van der Waals surface area contributed by atoms with Crippen LogP contribution in [0.4, 0.5) is 5.82 Å². The molecule has 0 aliphatic heterocycles. The van der Waals surface area contributed by atoms with Gasteiger partial charge in [0.2, 0.25) is 0 Å². The summed E-state index contributed by atoms with van der Waals surface area (Å²) in [7, 11) is 1.83. The van der Waals surface area contributed by atoms with Crippen molar-refractivity contribution in [1.29, 1.82) is 0 Å². The third-order valence-corrected chi connectivity index (χ3v) is 6.59. The molecule has 0 amide bonds. The van der Waals surface area contributed by atoms with Crippen LogP contribution in [0.2, 0.25) is 15.1 Å². The van der Waals surface area contributed by atoms with Crippen molar-refractivity contribution in [2.75, 3.05) is 11.9 Å². The highest BCUT2D eigenvalue weighted by Gasteiger charge is 2.24. The van der Waals surface area contributed by atoms with Crippen molar-refractivity contribution in [3.63, 3.8) is 0 Å². The highest BCUT2D eigenvalue weighted by Crippen LogP contribution is 2.39. The molecule has 37 heavy (non-hydrogen) atoms. The van der Waals surface area contributed by atoms with Gasteiger partial charge in [0.05, 0.1) is 32.4 Å². The number of pyridine rings is 1. The molecule has 1 N–H and O–H groups in total. The van der Waals surface area contributed by atoms with Gasteiger partial charge in [0.25, 0.3) is 0 Å². The number of hydrogen-bond donors (Lipinski definition) is 1. The number of nitrogens with zero attached hydrogens (tertiary/aromatic N) is 3. The van der Waals surface area contributed by atoms with Gasteiger partial charge in [-0.2, -0.15) is 0 Å². The number of aromatic carboxylic acids is 1. The van der Waals surface area contributed by atoms with E-state index in [4.69, 9.17) is 44.1 Å². The topological polar surface area (TPSA) is 88.7 Å². The van der Waals surface area contributed by atoms with Gasteiger partial charge in [-0.05, 0) is 29.8 Å². The summed E-state index contributed by atoms with van der Waals surface area (Å²) >= 11 is 19.4. The van der Waals surface area contributed by atoms with Crippen LogP contribution in [0.15, 0.2) is 59.3 Å². The maximum atomic E-state index is 11.3. The molecular formula is C27H24Cl3N3O4. The zero-order chi connectivity index (χ0) is 26.7. The van der Waals surface area contributed by atoms with E-state index in [2.05, 4.69) is 10.1 Å². The molecule has 0 radical (unpaired) electrons. The van der Waals surface area contributed by atoms with Crippen LogP contribution in [0.25, 0.3) is 11.3 Å². The molecule has 192 valence electrons. The second-order valence-electron chi connectivity index (χ2n) is 8.75. The zero-order valence-electron chi connectivity index (χ0n) is 20.3. The van der Waals surface area contributed by atoms with Gasteiger partial charge in [0.15, 0.2) is 0 Å². The monoisotopic (exact) mass is 559 g/mol. The maximum Gasteiger partial charge on any atom is 0.335 e. The largest absolute Gasteiger partial charge is 0.487 e. The van der Waals surface area contributed by atoms with Gasteiger partial charge in [-0.3, -0.25) is 0 Å². The molecule has 0 saturated heterocycles. The van der Waals surface area contributed by atoms with Crippen LogP contribution in [0.5, 0.6) is 5.75 Å². The van der Waals surface area contributed by atoms with Crippen molar-refractivity contribution in [2.24, 2.45) is 0 Å². The fraction of sp³-hybridized carbons (Fsp3) is 0.222. The van der Waals surface area contributed by atoms with Crippen LogP contribution in [0, 0.1) is 0 Å². The Morgan fingerprint density at radius 1 is 1.08 bits per heavy atom. The first kappa shape index (κ1) is 26.8. The first-order valence-corrected chi connectivity index (χ1v) is 12.5. The molecule has 0 fully saturated rings. The van der Waals surface area contributed by atoms with E-state index in [1.54, 1.807) is 48.7 Å². The Hall–Kier alpha value is -3.26. The molecule has 0 aliphatic rings. The summed E-state index contributed by atoms with van der Waals surface area (Å²) in [6, 6.07) is 13.7. The van der Waals surface area contributed by atoms with Crippen molar-refractivity contribution in [3.8, 4) is 17.0 Å². The molecule has 0 spiro atoms. The Bertz CT molecular complexity index is 1420. The molecule has 0 aliphatic carbocycles. The lowest BCUT2D eigenvalue weighted by molar-refractivity contribution is 0.0696. The lowest BCUT2D eigenvalue weighted by Gasteiger charge is -2.20. The number of halogens is 3. The molecule has 0 atom stereocenters.